The molecule has 78 valence electrons. The Labute approximate surface area is 80.7 Å². The van der Waals surface area contributed by atoms with E-state index in [0.29, 0.717) is 5.56 Å². The second kappa shape index (κ2) is 4.46. The molecule has 1 nitrogen and oxygen atoms in total. The van der Waals surface area contributed by atoms with E-state index in [9.17, 15) is 13.2 Å². The normalized spacial score (nSPS) is 13.3. The fourth-order valence-electron chi connectivity index (χ4n) is 1.36. The molecule has 0 aliphatic heterocycles. The monoisotopic (exact) mass is 203 g/mol. The standard InChI is InChI=1S/C10H12F3N/c1-6-2-7(4-8(11)3-6)9(5-14)10(12)13/h2-4,9-10H,5,14H2,1H3. The molecule has 4 heteroatoms. The molecule has 0 aliphatic rings. The van der Waals surface area contributed by atoms with Crippen LogP contribution in [0.5, 0.6) is 0 Å². The average molecular weight is 203 g/mol. The molecule has 0 radical (unpaired) electrons. The molecule has 0 heterocycles. The molecule has 0 saturated heterocycles. The Morgan fingerprint density at radius 3 is 2.36 bits per heavy atom. The fraction of sp³-hybridized carbons (Fsp3) is 0.400. The number of aryl methyl sites for hydroxylation is 1. The topological polar surface area (TPSA) is 26.0 Å². The third-order valence-electron chi connectivity index (χ3n) is 2.05. The quantitative estimate of drug-likeness (QED) is 0.802. The van der Waals surface area contributed by atoms with Crippen molar-refractivity contribution in [1.82, 2.24) is 0 Å². The molecule has 0 fully saturated rings. The van der Waals surface area contributed by atoms with Crippen molar-refractivity contribution in [2.75, 3.05) is 6.54 Å². The summed E-state index contributed by atoms with van der Waals surface area (Å²) in [6.07, 6.45) is -2.55. The first-order chi connectivity index (χ1) is 6.54. The van der Waals surface area contributed by atoms with Gasteiger partial charge in [0.15, 0.2) is 0 Å². The van der Waals surface area contributed by atoms with Crippen molar-refractivity contribution in [3.8, 4) is 0 Å². The highest BCUT2D eigenvalue weighted by molar-refractivity contribution is 5.27. The highest BCUT2D eigenvalue weighted by atomic mass is 19.3. The van der Waals surface area contributed by atoms with Crippen LogP contribution in [0.1, 0.15) is 17.0 Å². The molecule has 1 aromatic carbocycles. The van der Waals surface area contributed by atoms with Crippen LogP contribution in [-0.4, -0.2) is 13.0 Å². The summed E-state index contributed by atoms with van der Waals surface area (Å²) in [6, 6.07) is 3.94. The van der Waals surface area contributed by atoms with Gasteiger partial charge < -0.3 is 5.73 Å². The Bertz CT molecular complexity index is 292. The first-order valence-corrected chi connectivity index (χ1v) is 4.30. The molecule has 1 rings (SSSR count). The summed E-state index contributed by atoms with van der Waals surface area (Å²) >= 11 is 0. The molecule has 14 heavy (non-hydrogen) atoms. The molecule has 0 amide bonds. The molecule has 0 aromatic heterocycles. The lowest BCUT2D eigenvalue weighted by atomic mass is 9.98. The Morgan fingerprint density at radius 2 is 1.93 bits per heavy atom. The number of alkyl halides is 2. The molecule has 0 saturated carbocycles. The summed E-state index contributed by atoms with van der Waals surface area (Å²) < 4.78 is 37.8. The van der Waals surface area contributed by atoms with Gasteiger partial charge in [0, 0.05) is 6.54 Å². The number of benzene rings is 1. The zero-order chi connectivity index (χ0) is 10.7. The summed E-state index contributed by atoms with van der Waals surface area (Å²) in [6.45, 7) is 1.48. The van der Waals surface area contributed by atoms with E-state index < -0.39 is 18.2 Å². The molecule has 0 bridgehead atoms. The lowest BCUT2D eigenvalue weighted by Crippen LogP contribution is -2.19. The highest BCUT2D eigenvalue weighted by Gasteiger charge is 2.21. The minimum Gasteiger partial charge on any atom is -0.330 e. The smallest absolute Gasteiger partial charge is 0.246 e. The fourth-order valence-corrected chi connectivity index (χ4v) is 1.36. The van der Waals surface area contributed by atoms with Crippen molar-refractivity contribution in [2.24, 2.45) is 5.73 Å². The highest BCUT2D eigenvalue weighted by Crippen LogP contribution is 2.23. The predicted molar refractivity (Wildman–Crippen MR) is 48.9 cm³/mol. The van der Waals surface area contributed by atoms with Crippen LogP contribution in [0, 0.1) is 12.7 Å². The second-order valence-corrected chi connectivity index (χ2v) is 3.24. The molecule has 2 N–H and O–H groups in total. The maximum Gasteiger partial charge on any atom is 0.246 e. The molecule has 0 aliphatic carbocycles. The number of halogens is 3. The SMILES string of the molecule is Cc1cc(F)cc(C(CN)C(F)F)c1. The first kappa shape index (κ1) is 11.0. The van der Waals surface area contributed by atoms with Gasteiger partial charge in [0.1, 0.15) is 5.82 Å². The maximum atomic E-state index is 12.9. The summed E-state index contributed by atoms with van der Waals surface area (Å²) in [5, 5.41) is 0. The average Bonchev–Trinajstić information content (AvgIpc) is 2.02. The molecule has 1 atom stereocenters. The van der Waals surface area contributed by atoms with Gasteiger partial charge in [0.25, 0.3) is 0 Å². The van der Waals surface area contributed by atoms with Crippen molar-refractivity contribution in [2.45, 2.75) is 19.3 Å². The second-order valence-electron chi connectivity index (χ2n) is 3.24. The molecule has 1 unspecified atom stereocenters. The number of rotatable bonds is 3. The number of hydrogen-bond acceptors (Lipinski definition) is 1. The van der Waals surface area contributed by atoms with Crippen molar-refractivity contribution >= 4 is 0 Å². The predicted octanol–water partition coefficient (Wildman–Crippen LogP) is 2.44. The van der Waals surface area contributed by atoms with Crippen LogP contribution < -0.4 is 5.73 Å². The van der Waals surface area contributed by atoms with Gasteiger partial charge in [-0.2, -0.15) is 0 Å². The summed E-state index contributed by atoms with van der Waals surface area (Å²) in [5.41, 5.74) is 6.09. The molecular weight excluding hydrogens is 191 g/mol. The number of nitrogens with two attached hydrogens (primary N) is 1. The van der Waals surface area contributed by atoms with Crippen LogP contribution in [0.4, 0.5) is 13.2 Å². The zero-order valence-corrected chi connectivity index (χ0v) is 7.81. The van der Waals surface area contributed by atoms with Gasteiger partial charge in [0.05, 0.1) is 5.92 Å². The Morgan fingerprint density at radius 1 is 1.29 bits per heavy atom. The van der Waals surface area contributed by atoms with E-state index in [-0.39, 0.29) is 12.1 Å². The Balaban J connectivity index is 3.04. The van der Waals surface area contributed by atoms with Crippen LogP contribution in [0.15, 0.2) is 18.2 Å². The summed E-state index contributed by atoms with van der Waals surface area (Å²) in [4.78, 5) is 0. The van der Waals surface area contributed by atoms with E-state index in [0.717, 1.165) is 6.07 Å². The number of hydrogen-bond donors (Lipinski definition) is 1. The lowest BCUT2D eigenvalue weighted by Gasteiger charge is -2.14. The largest absolute Gasteiger partial charge is 0.330 e. The van der Waals surface area contributed by atoms with Gasteiger partial charge >= 0.3 is 0 Å². The van der Waals surface area contributed by atoms with E-state index in [4.69, 9.17) is 5.73 Å². The Hall–Kier alpha value is -1.03. The third-order valence-corrected chi connectivity index (χ3v) is 2.05. The maximum absolute atomic E-state index is 12.9. The van der Waals surface area contributed by atoms with Crippen LogP contribution in [0.2, 0.25) is 0 Å². The van der Waals surface area contributed by atoms with Crippen molar-refractivity contribution in [3.05, 3.63) is 35.1 Å². The molecule has 0 spiro atoms. The molecular formula is C10H12F3N. The molecule has 1 aromatic rings. The lowest BCUT2D eigenvalue weighted by molar-refractivity contribution is 0.117. The first-order valence-electron chi connectivity index (χ1n) is 4.30. The van der Waals surface area contributed by atoms with Gasteiger partial charge in [0.2, 0.25) is 6.43 Å². The van der Waals surface area contributed by atoms with Gasteiger partial charge in [-0.1, -0.05) is 6.07 Å². The minimum absolute atomic E-state index is 0.180. The van der Waals surface area contributed by atoms with Crippen LogP contribution in [-0.2, 0) is 0 Å². The van der Waals surface area contributed by atoms with Gasteiger partial charge in [-0.3, -0.25) is 0 Å². The van der Waals surface area contributed by atoms with E-state index in [2.05, 4.69) is 0 Å². The van der Waals surface area contributed by atoms with Gasteiger partial charge in [-0.05, 0) is 30.2 Å². The summed E-state index contributed by atoms with van der Waals surface area (Å²) in [5.74, 6) is -1.58. The van der Waals surface area contributed by atoms with E-state index >= 15 is 0 Å². The van der Waals surface area contributed by atoms with Crippen LogP contribution in [0.25, 0.3) is 0 Å². The van der Waals surface area contributed by atoms with E-state index in [1.807, 2.05) is 0 Å². The van der Waals surface area contributed by atoms with Crippen molar-refractivity contribution in [1.29, 1.82) is 0 Å². The van der Waals surface area contributed by atoms with Gasteiger partial charge in [-0.15, -0.1) is 0 Å². The van der Waals surface area contributed by atoms with Crippen LogP contribution >= 0.6 is 0 Å². The summed E-state index contributed by atoms with van der Waals surface area (Å²) in [7, 11) is 0. The van der Waals surface area contributed by atoms with Gasteiger partial charge in [-0.25, -0.2) is 13.2 Å². The van der Waals surface area contributed by atoms with Crippen LogP contribution in [0.3, 0.4) is 0 Å². The van der Waals surface area contributed by atoms with E-state index in [1.165, 1.54) is 12.1 Å². The third kappa shape index (κ3) is 2.48. The zero-order valence-electron chi connectivity index (χ0n) is 7.81. The van der Waals surface area contributed by atoms with E-state index in [1.54, 1.807) is 6.92 Å². The Kier molecular flexibility index (Phi) is 3.52. The van der Waals surface area contributed by atoms with Crippen molar-refractivity contribution in [3.63, 3.8) is 0 Å². The van der Waals surface area contributed by atoms with Crippen molar-refractivity contribution < 1.29 is 13.2 Å². The minimum atomic E-state index is -2.55.